The van der Waals surface area contributed by atoms with E-state index in [1.54, 1.807) is 31.2 Å². The standard InChI is InChI=1S/C20H21NO4/c1-2-24-20(23)15-6-9-17(10-7-15)21-19(22)13-25-18-11-8-14-4-3-5-16(14)12-18/h6-12H,2-5,13H2,1H3,(H,21,22). The third-order valence-corrected chi connectivity index (χ3v) is 4.12. The maximum atomic E-state index is 12.0. The molecule has 0 atom stereocenters. The minimum absolute atomic E-state index is 0.0571. The number of ether oxygens (including phenoxy) is 2. The number of esters is 1. The van der Waals surface area contributed by atoms with E-state index in [2.05, 4.69) is 11.4 Å². The second-order valence-corrected chi connectivity index (χ2v) is 5.92. The predicted octanol–water partition coefficient (Wildman–Crippen LogP) is 3.37. The van der Waals surface area contributed by atoms with Crippen LogP contribution in [0.5, 0.6) is 5.75 Å². The molecule has 0 saturated carbocycles. The number of fused-ring (bicyclic) bond motifs is 1. The predicted molar refractivity (Wildman–Crippen MR) is 95.0 cm³/mol. The molecule has 1 aliphatic rings. The number of amides is 1. The zero-order chi connectivity index (χ0) is 17.6. The van der Waals surface area contributed by atoms with E-state index in [1.807, 2.05) is 12.1 Å². The molecule has 1 amide bonds. The lowest BCUT2D eigenvalue weighted by atomic mass is 10.1. The fourth-order valence-corrected chi connectivity index (χ4v) is 2.89. The quantitative estimate of drug-likeness (QED) is 0.820. The summed E-state index contributed by atoms with van der Waals surface area (Å²) in [6.07, 6.45) is 3.38. The number of rotatable bonds is 6. The van der Waals surface area contributed by atoms with Crippen LogP contribution in [0.4, 0.5) is 5.69 Å². The number of aryl methyl sites for hydroxylation is 2. The Hall–Kier alpha value is -2.82. The Morgan fingerprint density at radius 3 is 2.56 bits per heavy atom. The Balaban J connectivity index is 1.51. The van der Waals surface area contributed by atoms with Crippen LogP contribution < -0.4 is 10.1 Å². The van der Waals surface area contributed by atoms with Gasteiger partial charge in [-0.1, -0.05) is 6.07 Å². The SMILES string of the molecule is CCOC(=O)c1ccc(NC(=O)COc2ccc3c(c2)CCC3)cc1. The van der Waals surface area contributed by atoms with Crippen LogP contribution >= 0.6 is 0 Å². The molecular formula is C20H21NO4. The van der Waals surface area contributed by atoms with Crippen molar-refractivity contribution in [3.05, 3.63) is 59.2 Å². The molecule has 0 saturated heterocycles. The normalized spacial score (nSPS) is 12.4. The highest BCUT2D eigenvalue weighted by Gasteiger charge is 2.12. The van der Waals surface area contributed by atoms with Crippen LogP contribution in [0.1, 0.15) is 34.8 Å². The summed E-state index contributed by atoms with van der Waals surface area (Å²) in [5.41, 5.74) is 3.75. The molecule has 1 N–H and O–H groups in total. The van der Waals surface area contributed by atoms with Crippen LogP contribution in [-0.2, 0) is 22.4 Å². The molecular weight excluding hydrogens is 318 g/mol. The van der Waals surface area contributed by atoms with E-state index in [-0.39, 0.29) is 18.5 Å². The molecule has 0 heterocycles. The summed E-state index contributed by atoms with van der Waals surface area (Å²) >= 11 is 0. The first kappa shape index (κ1) is 17.0. The molecule has 0 aliphatic heterocycles. The average Bonchev–Trinajstić information content (AvgIpc) is 3.08. The third-order valence-electron chi connectivity index (χ3n) is 4.12. The Kier molecular flexibility index (Phi) is 5.33. The number of benzene rings is 2. The monoisotopic (exact) mass is 339 g/mol. The van der Waals surface area contributed by atoms with Crippen LogP contribution in [0.3, 0.4) is 0 Å². The summed E-state index contributed by atoms with van der Waals surface area (Å²) in [4.78, 5) is 23.6. The molecule has 3 rings (SSSR count). The van der Waals surface area contributed by atoms with Gasteiger partial charge in [-0.25, -0.2) is 4.79 Å². The molecule has 130 valence electrons. The van der Waals surface area contributed by atoms with Crippen LogP contribution in [0.15, 0.2) is 42.5 Å². The first-order chi connectivity index (χ1) is 12.2. The van der Waals surface area contributed by atoms with Gasteiger partial charge in [-0.2, -0.15) is 0 Å². The lowest BCUT2D eigenvalue weighted by Gasteiger charge is -2.09. The van der Waals surface area contributed by atoms with Gasteiger partial charge >= 0.3 is 5.97 Å². The molecule has 2 aromatic rings. The maximum absolute atomic E-state index is 12.0. The highest BCUT2D eigenvalue weighted by atomic mass is 16.5. The van der Waals surface area contributed by atoms with Gasteiger partial charge in [0.2, 0.25) is 0 Å². The van der Waals surface area contributed by atoms with E-state index in [0.717, 1.165) is 12.8 Å². The maximum Gasteiger partial charge on any atom is 0.338 e. The van der Waals surface area contributed by atoms with Crippen molar-refractivity contribution in [3.8, 4) is 5.75 Å². The molecule has 0 bridgehead atoms. The number of hydrogen-bond acceptors (Lipinski definition) is 4. The average molecular weight is 339 g/mol. The molecule has 0 fully saturated rings. The van der Waals surface area contributed by atoms with Crippen molar-refractivity contribution in [1.82, 2.24) is 0 Å². The van der Waals surface area contributed by atoms with Crippen LogP contribution in [0.25, 0.3) is 0 Å². The topological polar surface area (TPSA) is 64.6 Å². The van der Waals surface area contributed by atoms with Gasteiger partial charge in [-0.15, -0.1) is 0 Å². The minimum Gasteiger partial charge on any atom is -0.484 e. The second-order valence-electron chi connectivity index (χ2n) is 5.92. The summed E-state index contributed by atoms with van der Waals surface area (Å²) in [5, 5.41) is 2.75. The van der Waals surface area contributed by atoms with E-state index in [0.29, 0.717) is 23.6 Å². The third kappa shape index (κ3) is 4.38. The van der Waals surface area contributed by atoms with E-state index in [4.69, 9.17) is 9.47 Å². The van der Waals surface area contributed by atoms with Crippen molar-refractivity contribution in [1.29, 1.82) is 0 Å². The van der Waals surface area contributed by atoms with Gasteiger partial charge in [0.25, 0.3) is 5.91 Å². The number of carbonyl (C=O) groups excluding carboxylic acids is 2. The number of anilines is 1. The number of nitrogens with one attached hydrogen (secondary N) is 1. The van der Waals surface area contributed by atoms with E-state index in [1.165, 1.54) is 17.5 Å². The zero-order valence-electron chi connectivity index (χ0n) is 14.2. The molecule has 0 radical (unpaired) electrons. The van der Waals surface area contributed by atoms with Crippen molar-refractivity contribution in [3.63, 3.8) is 0 Å². The molecule has 5 nitrogen and oxygen atoms in total. The highest BCUT2D eigenvalue weighted by molar-refractivity contribution is 5.93. The molecule has 0 aromatic heterocycles. The highest BCUT2D eigenvalue weighted by Crippen LogP contribution is 2.26. The summed E-state index contributed by atoms with van der Waals surface area (Å²) in [5.74, 6) is 0.0955. The van der Waals surface area contributed by atoms with E-state index >= 15 is 0 Å². The summed E-state index contributed by atoms with van der Waals surface area (Å²) in [7, 11) is 0. The minimum atomic E-state index is -0.375. The largest absolute Gasteiger partial charge is 0.484 e. The summed E-state index contributed by atoms with van der Waals surface area (Å²) in [6.45, 7) is 2.03. The van der Waals surface area contributed by atoms with Gasteiger partial charge in [0.15, 0.2) is 6.61 Å². The van der Waals surface area contributed by atoms with Crippen molar-refractivity contribution >= 4 is 17.6 Å². The Labute approximate surface area is 147 Å². The van der Waals surface area contributed by atoms with Gasteiger partial charge < -0.3 is 14.8 Å². The smallest absolute Gasteiger partial charge is 0.338 e. The summed E-state index contributed by atoms with van der Waals surface area (Å²) < 4.78 is 10.5. The zero-order valence-corrected chi connectivity index (χ0v) is 14.2. The first-order valence-corrected chi connectivity index (χ1v) is 8.47. The fourth-order valence-electron chi connectivity index (χ4n) is 2.89. The molecule has 5 heteroatoms. The Morgan fingerprint density at radius 1 is 1.04 bits per heavy atom. The van der Waals surface area contributed by atoms with Crippen molar-refractivity contribution in [2.45, 2.75) is 26.2 Å². The Bertz CT molecular complexity index is 768. The van der Waals surface area contributed by atoms with Gasteiger partial charge in [-0.05, 0) is 73.7 Å². The van der Waals surface area contributed by atoms with Gasteiger partial charge in [-0.3, -0.25) is 4.79 Å². The number of hydrogen-bond donors (Lipinski definition) is 1. The molecule has 2 aromatic carbocycles. The Morgan fingerprint density at radius 2 is 1.80 bits per heavy atom. The summed E-state index contributed by atoms with van der Waals surface area (Å²) in [6, 6.07) is 12.6. The number of carbonyl (C=O) groups is 2. The van der Waals surface area contributed by atoms with Crippen LogP contribution in [0.2, 0.25) is 0 Å². The second kappa shape index (κ2) is 7.83. The molecule has 0 unspecified atom stereocenters. The first-order valence-electron chi connectivity index (χ1n) is 8.47. The molecule has 1 aliphatic carbocycles. The van der Waals surface area contributed by atoms with Crippen molar-refractivity contribution in [2.75, 3.05) is 18.5 Å². The molecule has 25 heavy (non-hydrogen) atoms. The fraction of sp³-hybridized carbons (Fsp3) is 0.300. The van der Waals surface area contributed by atoms with Gasteiger partial charge in [0.05, 0.1) is 12.2 Å². The van der Waals surface area contributed by atoms with E-state index < -0.39 is 0 Å². The van der Waals surface area contributed by atoms with Gasteiger partial charge in [0, 0.05) is 5.69 Å². The van der Waals surface area contributed by atoms with Crippen molar-refractivity contribution < 1.29 is 19.1 Å². The van der Waals surface area contributed by atoms with Crippen LogP contribution in [0, 0.1) is 0 Å². The lowest BCUT2D eigenvalue weighted by Crippen LogP contribution is -2.20. The van der Waals surface area contributed by atoms with Crippen molar-refractivity contribution in [2.24, 2.45) is 0 Å². The van der Waals surface area contributed by atoms with Crippen LogP contribution in [-0.4, -0.2) is 25.1 Å². The molecule has 0 spiro atoms. The van der Waals surface area contributed by atoms with E-state index in [9.17, 15) is 9.59 Å². The van der Waals surface area contributed by atoms with Gasteiger partial charge in [0.1, 0.15) is 5.75 Å². The lowest BCUT2D eigenvalue weighted by molar-refractivity contribution is -0.118.